The number of alkyl carbamates (subject to hydrolysis) is 1. The van der Waals surface area contributed by atoms with Crippen molar-refractivity contribution in [2.45, 2.75) is 70.9 Å². The van der Waals surface area contributed by atoms with Crippen LogP contribution >= 0.6 is 0 Å². The average molecular weight is 382 g/mol. The van der Waals surface area contributed by atoms with Crippen LogP contribution in [0.4, 0.5) is 4.79 Å². The number of likely N-dealkylation sites (tertiary alicyclic amines) is 2. The molecule has 0 aliphatic carbocycles. The molecule has 0 saturated carbocycles. The van der Waals surface area contributed by atoms with Crippen molar-refractivity contribution >= 4 is 12.1 Å². The van der Waals surface area contributed by atoms with E-state index in [1.54, 1.807) is 0 Å². The molecule has 0 aromatic carbocycles. The number of ether oxygens (including phenoxy) is 1. The van der Waals surface area contributed by atoms with E-state index in [1.165, 1.54) is 38.8 Å². The standard InChI is InChI=1S/C20H39N5O2/c1-20(2,3)27-19(26)23-17-10-15-25(16-17)18(21-4)22-11-9-14-24-12-7-5-6-8-13-24/h17H,5-16H2,1-4H3,(H,21,22)(H,23,26). The van der Waals surface area contributed by atoms with E-state index in [4.69, 9.17) is 4.74 Å². The van der Waals surface area contributed by atoms with E-state index in [0.717, 1.165) is 45.0 Å². The molecule has 2 aliphatic heterocycles. The maximum Gasteiger partial charge on any atom is 0.407 e. The maximum absolute atomic E-state index is 11.9. The van der Waals surface area contributed by atoms with Crippen LogP contribution in [0.5, 0.6) is 0 Å². The summed E-state index contributed by atoms with van der Waals surface area (Å²) in [5, 5.41) is 6.45. The van der Waals surface area contributed by atoms with Gasteiger partial charge in [-0.2, -0.15) is 0 Å². The highest BCUT2D eigenvalue weighted by molar-refractivity contribution is 5.80. The fourth-order valence-corrected chi connectivity index (χ4v) is 3.74. The van der Waals surface area contributed by atoms with Gasteiger partial charge in [-0.15, -0.1) is 0 Å². The average Bonchev–Trinajstić information content (AvgIpc) is 2.88. The van der Waals surface area contributed by atoms with E-state index in [-0.39, 0.29) is 12.1 Å². The lowest BCUT2D eigenvalue weighted by Gasteiger charge is -2.24. The summed E-state index contributed by atoms with van der Waals surface area (Å²) in [6.07, 6.45) is 7.16. The van der Waals surface area contributed by atoms with E-state index in [0.29, 0.717) is 0 Å². The molecule has 0 radical (unpaired) electrons. The van der Waals surface area contributed by atoms with Crippen molar-refractivity contribution in [2.24, 2.45) is 4.99 Å². The number of hydrogen-bond acceptors (Lipinski definition) is 4. The molecule has 2 N–H and O–H groups in total. The number of carbonyl (C=O) groups excluding carboxylic acids is 1. The molecule has 1 atom stereocenters. The largest absolute Gasteiger partial charge is 0.444 e. The SMILES string of the molecule is CN=C(NCCCN1CCCCCC1)N1CCC(NC(=O)OC(C)(C)C)C1. The quantitative estimate of drug-likeness (QED) is 0.435. The van der Waals surface area contributed by atoms with Gasteiger partial charge in [-0.1, -0.05) is 12.8 Å². The highest BCUT2D eigenvalue weighted by Crippen LogP contribution is 2.12. The van der Waals surface area contributed by atoms with Crippen molar-refractivity contribution in [3.63, 3.8) is 0 Å². The van der Waals surface area contributed by atoms with Gasteiger partial charge in [0.05, 0.1) is 6.04 Å². The lowest BCUT2D eigenvalue weighted by Crippen LogP contribution is -2.44. The van der Waals surface area contributed by atoms with Gasteiger partial charge in [-0.25, -0.2) is 4.79 Å². The Morgan fingerprint density at radius 2 is 1.85 bits per heavy atom. The summed E-state index contributed by atoms with van der Waals surface area (Å²) in [6.45, 7) is 11.9. The lowest BCUT2D eigenvalue weighted by atomic mass is 10.2. The second-order valence-electron chi connectivity index (χ2n) is 8.66. The number of hydrogen-bond donors (Lipinski definition) is 2. The maximum atomic E-state index is 11.9. The van der Waals surface area contributed by atoms with Crippen LogP contribution in [-0.2, 0) is 4.74 Å². The van der Waals surface area contributed by atoms with Gasteiger partial charge >= 0.3 is 6.09 Å². The number of carbonyl (C=O) groups is 1. The van der Waals surface area contributed by atoms with Gasteiger partial charge in [0.2, 0.25) is 0 Å². The third-order valence-electron chi connectivity index (χ3n) is 5.05. The zero-order valence-electron chi connectivity index (χ0n) is 17.7. The summed E-state index contributed by atoms with van der Waals surface area (Å²) in [5.41, 5.74) is -0.465. The van der Waals surface area contributed by atoms with Crippen LogP contribution < -0.4 is 10.6 Å². The molecule has 7 nitrogen and oxygen atoms in total. The summed E-state index contributed by atoms with van der Waals surface area (Å²) in [4.78, 5) is 21.2. The van der Waals surface area contributed by atoms with Crippen LogP contribution in [0.2, 0.25) is 0 Å². The van der Waals surface area contributed by atoms with Crippen LogP contribution in [0.3, 0.4) is 0 Å². The van der Waals surface area contributed by atoms with E-state index in [1.807, 2.05) is 27.8 Å². The van der Waals surface area contributed by atoms with E-state index < -0.39 is 5.60 Å². The molecular formula is C20H39N5O2. The second kappa shape index (κ2) is 10.7. The minimum atomic E-state index is -0.465. The van der Waals surface area contributed by atoms with Crippen molar-refractivity contribution in [1.29, 1.82) is 0 Å². The summed E-state index contributed by atoms with van der Waals surface area (Å²) in [6, 6.07) is 0.107. The number of nitrogens with zero attached hydrogens (tertiary/aromatic N) is 3. The molecule has 1 amide bonds. The van der Waals surface area contributed by atoms with Gasteiger partial charge in [0, 0.05) is 26.7 Å². The van der Waals surface area contributed by atoms with Crippen LogP contribution in [-0.4, -0.2) is 79.8 Å². The Hall–Kier alpha value is -1.50. The Balaban J connectivity index is 1.66. The van der Waals surface area contributed by atoms with Gasteiger partial charge in [-0.3, -0.25) is 4.99 Å². The predicted octanol–water partition coefficient (Wildman–Crippen LogP) is 2.43. The minimum Gasteiger partial charge on any atom is -0.444 e. The second-order valence-corrected chi connectivity index (χ2v) is 8.66. The molecule has 2 heterocycles. The van der Waals surface area contributed by atoms with Gasteiger partial charge < -0.3 is 25.2 Å². The van der Waals surface area contributed by atoms with Crippen molar-refractivity contribution in [1.82, 2.24) is 20.4 Å². The van der Waals surface area contributed by atoms with Gasteiger partial charge in [-0.05, 0) is 66.1 Å². The predicted molar refractivity (Wildman–Crippen MR) is 110 cm³/mol. The van der Waals surface area contributed by atoms with Gasteiger partial charge in [0.25, 0.3) is 0 Å². The van der Waals surface area contributed by atoms with Crippen molar-refractivity contribution in [3.8, 4) is 0 Å². The van der Waals surface area contributed by atoms with E-state index in [9.17, 15) is 4.79 Å². The first-order valence-corrected chi connectivity index (χ1v) is 10.5. The summed E-state index contributed by atoms with van der Waals surface area (Å²) in [5.74, 6) is 0.930. The molecule has 2 rings (SSSR count). The molecule has 0 bridgehead atoms. The third-order valence-corrected chi connectivity index (χ3v) is 5.05. The minimum absolute atomic E-state index is 0.107. The fraction of sp³-hybridized carbons (Fsp3) is 0.900. The topological polar surface area (TPSA) is 69.2 Å². The number of nitrogens with one attached hydrogen (secondary N) is 2. The van der Waals surface area contributed by atoms with Gasteiger partial charge in [0.1, 0.15) is 5.60 Å². The molecule has 2 fully saturated rings. The fourth-order valence-electron chi connectivity index (χ4n) is 3.74. The lowest BCUT2D eigenvalue weighted by molar-refractivity contribution is 0.0507. The molecule has 7 heteroatoms. The number of rotatable bonds is 5. The zero-order valence-corrected chi connectivity index (χ0v) is 17.7. The highest BCUT2D eigenvalue weighted by atomic mass is 16.6. The van der Waals surface area contributed by atoms with Crippen LogP contribution in [0, 0.1) is 0 Å². The molecular weight excluding hydrogens is 342 g/mol. The molecule has 2 aliphatic rings. The number of aliphatic imine (C=N–C) groups is 1. The molecule has 1 unspecified atom stereocenters. The van der Waals surface area contributed by atoms with Crippen molar-refractivity contribution in [3.05, 3.63) is 0 Å². The van der Waals surface area contributed by atoms with Crippen molar-refractivity contribution < 1.29 is 9.53 Å². The molecule has 0 spiro atoms. The molecule has 156 valence electrons. The third kappa shape index (κ3) is 8.37. The van der Waals surface area contributed by atoms with E-state index in [2.05, 4.69) is 25.4 Å². The first kappa shape index (κ1) is 21.8. The van der Waals surface area contributed by atoms with Gasteiger partial charge in [0.15, 0.2) is 5.96 Å². The first-order valence-electron chi connectivity index (χ1n) is 10.5. The Kier molecular flexibility index (Phi) is 8.67. The first-order chi connectivity index (χ1) is 12.9. The number of amides is 1. The monoisotopic (exact) mass is 381 g/mol. The Morgan fingerprint density at radius 1 is 1.15 bits per heavy atom. The molecule has 27 heavy (non-hydrogen) atoms. The normalized spacial score (nSPS) is 22.4. The van der Waals surface area contributed by atoms with Crippen molar-refractivity contribution in [2.75, 3.05) is 46.3 Å². The number of guanidine groups is 1. The smallest absolute Gasteiger partial charge is 0.407 e. The highest BCUT2D eigenvalue weighted by Gasteiger charge is 2.27. The Bertz CT molecular complexity index is 481. The van der Waals surface area contributed by atoms with Crippen LogP contribution in [0.1, 0.15) is 59.3 Å². The Labute approximate surface area is 164 Å². The molecule has 2 saturated heterocycles. The van der Waals surface area contributed by atoms with Crippen LogP contribution in [0.25, 0.3) is 0 Å². The molecule has 0 aromatic heterocycles. The summed E-state index contributed by atoms with van der Waals surface area (Å²) in [7, 11) is 1.83. The van der Waals surface area contributed by atoms with E-state index >= 15 is 0 Å². The Morgan fingerprint density at radius 3 is 2.48 bits per heavy atom. The summed E-state index contributed by atoms with van der Waals surface area (Å²) < 4.78 is 5.35. The molecule has 0 aromatic rings. The van der Waals surface area contributed by atoms with Crippen LogP contribution in [0.15, 0.2) is 4.99 Å². The zero-order chi connectivity index (χ0) is 19.7. The summed E-state index contributed by atoms with van der Waals surface area (Å²) >= 11 is 0.